The summed E-state index contributed by atoms with van der Waals surface area (Å²) in [5.74, 6) is 0.0128. The second-order valence-corrected chi connectivity index (χ2v) is 8.90. The van der Waals surface area contributed by atoms with Crippen LogP contribution in [0.5, 0.6) is 0 Å². The minimum atomic E-state index is -3.55. The molecule has 0 atom stereocenters. The summed E-state index contributed by atoms with van der Waals surface area (Å²) in [7, 11) is -3.55. The molecule has 3 rings (SSSR count). The second-order valence-electron chi connectivity index (χ2n) is 6.96. The number of hydrogen-bond donors (Lipinski definition) is 0. The molecule has 0 bridgehead atoms. The number of ketones is 1. The van der Waals surface area contributed by atoms with Crippen molar-refractivity contribution in [3.63, 3.8) is 0 Å². The third-order valence-electron chi connectivity index (χ3n) is 4.93. The van der Waals surface area contributed by atoms with Crippen molar-refractivity contribution in [2.45, 2.75) is 25.7 Å². The van der Waals surface area contributed by atoms with Crippen LogP contribution in [0.3, 0.4) is 0 Å². The van der Waals surface area contributed by atoms with Gasteiger partial charge in [0.1, 0.15) is 0 Å². The van der Waals surface area contributed by atoms with E-state index >= 15 is 0 Å². The Balaban J connectivity index is 1.82. The zero-order valence-corrected chi connectivity index (χ0v) is 16.6. The van der Waals surface area contributed by atoms with Crippen LogP contribution in [-0.4, -0.2) is 31.6 Å². The zero-order chi connectivity index (χ0) is 19.8. The van der Waals surface area contributed by atoms with Crippen molar-refractivity contribution in [1.82, 2.24) is 4.31 Å². The minimum Gasteiger partial charge on any atom is -0.295 e. The molecule has 0 saturated carbocycles. The molecule has 1 heterocycles. The Hall–Kier alpha value is -2.50. The van der Waals surface area contributed by atoms with Gasteiger partial charge in [-0.1, -0.05) is 54.1 Å². The first-order valence-corrected chi connectivity index (χ1v) is 10.2. The Labute approximate surface area is 160 Å². The van der Waals surface area contributed by atoms with Crippen molar-refractivity contribution >= 4 is 21.4 Å². The highest BCUT2D eigenvalue weighted by molar-refractivity contribution is 7.89. The van der Waals surface area contributed by atoms with Gasteiger partial charge in [-0.05, 0) is 49.6 Å². The lowest BCUT2D eigenvalue weighted by molar-refractivity contribution is 0.101. The predicted molar refractivity (Wildman–Crippen MR) is 108 cm³/mol. The molecule has 0 fully saturated rings. The summed E-state index contributed by atoms with van der Waals surface area (Å²) in [4.78, 5) is 11.7. The number of hydrogen-bond acceptors (Lipinski definition) is 3. The molecule has 2 aromatic rings. The summed E-state index contributed by atoms with van der Waals surface area (Å²) in [6.07, 6.45) is 0. The van der Waals surface area contributed by atoms with Crippen molar-refractivity contribution in [2.24, 2.45) is 0 Å². The molecular weight excluding hydrogens is 358 g/mol. The molecule has 2 aromatic carbocycles. The maximum Gasteiger partial charge on any atom is 0.243 e. The Morgan fingerprint density at radius 3 is 2.04 bits per heavy atom. The molecule has 0 radical (unpaired) electrons. The van der Waals surface area contributed by atoms with Crippen molar-refractivity contribution in [3.8, 4) is 0 Å². The van der Waals surface area contributed by atoms with Gasteiger partial charge >= 0.3 is 0 Å². The van der Waals surface area contributed by atoms with Gasteiger partial charge in [-0.25, -0.2) is 8.42 Å². The summed E-state index contributed by atoms with van der Waals surface area (Å²) in [6.45, 7) is 10.2. The largest absolute Gasteiger partial charge is 0.295 e. The molecule has 140 valence electrons. The van der Waals surface area contributed by atoms with Gasteiger partial charge in [0.25, 0.3) is 0 Å². The Morgan fingerprint density at radius 1 is 0.926 bits per heavy atom. The van der Waals surface area contributed by atoms with Crippen LogP contribution in [0.2, 0.25) is 0 Å². The van der Waals surface area contributed by atoms with Crippen LogP contribution < -0.4 is 0 Å². The summed E-state index contributed by atoms with van der Waals surface area (Å²) in [5, 5.41) is 0. The van der Waals surface area contributed by atoms with Crippen LogP contribution in [0.25, 0.3) is 5.57 Å². The molecule has 0 aliphatic carbocycles. The lowest BCUT2D eigenvalue weighted by Gasteiger charge is -2.17. The van der Waals surface area contributed by atoms with Gasteiger partial charge in [-0.2, -0.15) is 4.31 Å². The van der Waals surface area contributed by atoms with Gasteiger partial charge in [0.05, 0.1) is 4.90 Å². The minimum absolute atomic E-state index is 0.0128. The van der Waals surface area contributed by atoms with Crippen molar-refractivity contribution in [2.75, 3.05) is 13.1 Å². The first-order chi connectivity index (χ1) is 12.7. The van der Waals surface area contributed by atoms with Crippen LogP contribution in [0.15, 0.2) is 71.2 Å². The molecule has 0 spiro atoms. The topological polar surface area (TPSA) is 54.5 Å². The van der Waals surface area contributed by atoms with Gasteiger partial charge < -0.3 is 0 Å². The fraction of sp³-hybridized carbons (Fsp3) is 0.227. The van der Waals surface area contributed by atoms with Crippen molar-refractivity contribution in [3.05, 3.63) is 82.9 Å². The fourth-order valence-corrected chi connectivity index (χ4v) is 4.63. The third kappa shape index (κ3) is 3.80. The first-order valence-electron chi connectivity index (χ1n) is 8.76. The highest BCUT2D eigenvalue weighted by Crippen LogP contribution is 2.32. The standard InChI is InChI=1S/C22H23NO3S/c1-15-5-11-21(12-6-15)27(25,26)23-13-16(2)22(14-23)17(3)19-7-9-20(10-8-19)18(4)24/h5-12H,3,13-14H2,1-2,4H3. The molecule has 27 heavy (non-hydrogen) atoms. The molecule has 0 aromatic heterocycles. The van der Waals surface area contributed by atoms with E-state index in [-0.39, 0.29) is 5.78 Å². The monoisotopic (exact) mass is 381 g/mol. The number of rotatable bonds is 5. The SMILES string of the molecule is C=C(C1=C(C)CN(S(=O)(=O)c2ccc(C)cc2)C1)c1ccc(C(C)=O)cc1. The maximum absolute atomic E-state index is 12.9. The quantitative estimate of drug-likeness (QED) is 0.728. The molecule has 1 aliphatic heterocycles. The van der Waals surface area contributed by atoms with Crippen LogP contribution in [0.4, 0.5) is 0 Å². The highest BCUT2D eigenvalue weighted by atomic mass is 32.2. The van der Waals surface area contributed by atoms with Gasteiger partial charge in [0.15, 0.2) is 5.78 Å². The van der Waals surface area contributed by atoms with Crippen LogP contribution in [0, 0.1) is 6.92 Å². The van der Waals surface area contributed by atoms with Crippen LogP contribution in [-0.2, 0) is 10.0 Å². The average Bonchev–Trinajstić information content (AvgIpc) is 3.04. The van der Waals surface area contributed by atoms with Gasteiger partial charge in [-0.3, -0.25) is 4.79 Å². The highest BCUT2D eigenvalue weighted by Gasteiger charge is 2.31. The number of nitrogens with zero attached hydrogens (tertiary/aromatic N) is 1. The van der Waals surface area contributed by atoms with E-state index in [1.165, 1.54) is 11.2 Å². The van der Waals surface area contributed by atoms with Crippen LogP contribution >= 0.6 is 0 Å². The molecule has 0 saturated heterocycles. The van der Waals surface area contributed by atoms with Crippen molar-refractivity contribution in [1.29, 1.82) is 0 Å². The Kier molecular flexibility index (Phi) is 5.18. The number of carbonyl (C=O) groups is 1. The molecular formula is C22H23NO3S. The third-order valence-corrected chi connectivity index (χ3v) is 6.73. The molecule has 0 N–H and O–H groups in total. The second kappa shape index (κ2) is 7.25. The fourth-order valence-electron chi connectivity index (χ4n) is 3.19. The molecule has 4 nitrogen and oxygen atoms in total. The number of benzene rings is 2. The predicted octanol–water partition coefficient (Wildman–Crippen LogP) is 4.23. The smallest absolute Gasteiger partial charge is 0.243 e. The lowest BCUT2D eigenvalue weighted by Crippen LogP contribution is -2.29. The van der Waals surface area contributed by atoms with E-state index in [0.29, 0.717) is 23.5 Å². The number of Topliss-reactive ketones (excluding diaryl/α,β-unsaturated/α-hetero) is 1. The van der Waals surface area contributed by atoms with E-state index in [9.17, 15) is 13.2 Å². The summed E-state index contributed by atoms with van der Waals surface area (Å²) in [6, 6.07) is 14.2. The molecule has 5 heteroatoms. The van der Waals surface area contributed by atoms with Crippen molar-refractivity contribution < 1.29 is 13.2 Å². The number of sulfonamides is 1. The molecule has 1 aliphatic rings. The lowest BCUT2D eigenvalue weighted by atomic mass is 9.96. The maximum atomic E-state index is 12.9. The van der Waals surface area contributed by atoms with E-state index in [2.05, 4.69) is 6.58 Å². The molecule has 0 amide bonds. The Bertz CT molecular complexity index is 1030. The Morgan fingerprint density at radius 2 is 1.48 bits per heavy atom. The van der Waals surface area contributed by atoms with Gasteiger partial charge in [0, 0.05) is 18.7 Å². The van der Waals surface area contributed by atoms with E-state index in [0.717, 1.165) is 27.8 Å². The summed E-state index contributed by atoms with van der Waals surface area (Å²) >= 11 is 0. The van der Waals surface area contributed by atoms with Crippen LogP contribution in [0.1, 0.15) is 35.3 Å². The van der Waals surface area contributed by atoms with Gasteiger partial charge in [-0.15, -0.1) is 0 Å². The van der Waals surface area contributed by atoms with E-state index in [1.807, 2.05) is 26.0 Å². The van der Waals surface area contributed by atoms with E-state index < -0.39 is 10.0 Å². The first kappa shape index (κ1) is 19.3. The van der Waals surface area contributed by atoms with Gasteiger partial charge in [0.2, 0.25) is 10.0 Å². The summed E-state index contributed by atoms with van der Waals surface area (Å²) in [5.41, 5.74) is 5.28. The van der Waals surface area contributed by atoms with E-state index in [1.54, 1.807) is 36.4 Å². The normalized spacial score (nSPS) is 15.2. The number of aryl methyl sites for hydroxylation is 1. The average molecular weight is 381 g/mol. The zero-order valence-electron chi connectivity index (χ0n) is 15.8. The number of carbonyl (C=O) groups excluding carboxylic acids is 1. The summed E-state index contributed by atoms with van der Waals surface area (Å²) < 4.78 is 27.4. The molecule has 0 unspecified atom stereocenters. The van der Waals surface area contributed by atoms with E-state index in [4.69, 9.17) is 0 Å².